The Morgan fingerprint density at radius 3 is 2.37 bits per heavy atom. The highest BCUT2D eigenvalue weighted by Crippen LogP contribution is 2.57. The molecule has 0 saturated carbocycles. The predicted octanol–water partition coefficient (Wildman–Crippen LogP) is 10.3. The van der Waals surface area contributed by atoms with Gasteiger partial charge in [-0.05, 0) is 84.2 Å². The molecule has 38 heavy (non-hydrogen) atoms. The summed E-state index contributed by atoms with van der Waals surface area (Å²) in [5.74, 6) is 0. The van der Waals surface area contributed by atoms with Crippen molar-refractivity contribution in [3.8, 4) is 0 Å². The molecule has 0 saturated heterocycles. The topological polar surface area (TPSA) is 0 Å². The fraction of sp³-hybridized carbons (Fsp3) is 0.158. The zero-order valence-electron chi connectivity index (χ0n) is 22.7. The lowest BCUT2D eigenvalue weighted by Crippen LogP contribution is -2.30. The van der Waals surface area contributed by atoms with Crippen LogP contribution in [-0.2, 0) is 5.41 Å². The van der Waals surface area contributed by atoms with Crippen molar-refractivity contribution in [1.82, 2.24) is 0 Å². The largest absolute Gasteiger partial charge is 0.0961 e. The summed E-state index contributed by atoms with van der Waals surface area (Å²) < 4.78 is 0. The van der Waals surface area contributed by atoms with Gasteiger partial charge in [-0.15, -0.1) is 0 Å². The summed E-state index contributed by atoms with van der Waals surface area (Å²) in [6.07, 6.45) is 20.1. The fourth-order valence-electron chi connectivity index (χ4n) is 6.05. The Morgan fingerprint density at radius 1 is 0.921 bits per heavy atom. The fourth-order valence-corrected chi connectivity index (χ4v) is 6.05. The molecule has 1 unspecified atom stereocenters. The highest BCUT2D eigenvalue weighted by Gasteiger charge is 2.47. The Kier molecular flexibility index (Phi) is 7.43. The second-order valence-corrected chi connectivity index (χ2v) is 10.3. The van der Waals surface area contributed by atoms with Gasteiger partial charge in [0.05, 0.1) is 5.41 Å². The maximum atomic E-state index is 4.13. The Bertz CT molecular complexity index is 1520. The number of benzene rings is 3. The minimum absolute atomic E-state index is 0.268. The number of fused-ring (bicyclic) bond motifs is 2. The summed E-state index contributed by atoms with van der Waals surface area (Å²) in [5.41, 5.74) is 12.7. The van der Waals surface area contributed by atoms with Crippen LogP contribution in [0.2, 0.25) is 0 Å². The molecule has 1 atom stereocenters. The van der Waals surface area contributed by atoms with E-state index in [1.165, 1.54) is 44.5 Å². The normalized spacial score (nSPS) is 19.3. The number of rotatable bonds is 7. The van der Waals surface area contributed by atoms with Crippen molar-refractivity contribution < 1.29 is 0 Å². The van der Waals surface area contributed by atoms with Crippen LogP contribution >= 0.6 is 0 Å². The van der Waals surface area contributed by atoms with Crippen molar-refractivity contribution in [2.75, 3.05) is 0 Å². The third-order valence-electron chi connectivity index (χ3n) is 7.66. The van der Waals surface area contributed by atoms with Crippen molar-refractivity contribution >= 4 is 17.2 Å². The molecular weight excluding hydrogens is 456 g/mol. The average molecular weight is 493 g/mol. The second-order valence-electron chi connectivity index (χ2n) is 10.3. The van der Waals surface area contributed by atoms with Crippen molar-refractivity contribution in [3.63, 3.8) is 0 Å². The van der Waals surface area contributed by atoms with Crippen LogP contribution in [0.25, 0.3) is 17.2 Å². The molecule has 3 aromatic rings. The molecule has 0 amide bonds. The standard InChI is InChI=1S/C38H36/c1-5-6-15-29(4)38(33-18-11-8-12-19-33)36-21-14-13-20-34(36)35-25-23-30(27-37(35)38)22-24-32(26-28(2)3)31-16-9-7-10-17-31/h5-13,15-20,22-27H,2,14,21H2,1,3-4H3/b6-5-,24-22-,29-15+,32-26+. The monoisotopic (exact) mass is 492 g/mol. The van der Waals surface area contributed by atoms with Gasteiger partial charge >= 0.3 is 0 Å². The number of hydrogen-bond donors (Lipinski definition) is 0. The summed E-state index contributed by atoms with van der Waals surface area (Å²) in [4.78, 5) is 0. The van der Waals surface area contributed by atoms with Gasteiger partial charge in [-0.25, -0.2) is 0 Å². The molecule has 188 valence electrons. The Morgan fingerprint density at radius 2 is 1.66 bits per heavy atom. The van der Waals surface area contributed by atoms with Gasteiger partial charge in [-0.3, -0.25) is 0 Å². The van der Waals surface area contributed by atoms with Crippen LogP contribution in [0.5, 0.6) is 0 Å². The summed E-state index contributed by atoms with van der Waals surface area (Å²) in [6.45, 7) is 10.6. The lowest BCUT2D eigenvalue weighted by molar-refractivity contribution is 0.680. The smallest absolute Gasteiger partial charge is 0.0637 e. The van der Waals surface area contributed by atoms with E-state index in [9.17, 15) is 0 Å². The van der Waals surface area contributed by atoms with Gasteiger partial charge in [0.2, 0.25) is 0 Å². The third kappa shape index (κ3) is 4.63. The molecule has 0 N–H and O–H groups in total. The quantitative estimate of drug-likeness (QED) is 0.288. The van der Waals surface area contributed by atoms with E-state index in [4.69, 9.17) is 0 Å². The molecule has 0 heteroatoms. The van der Waals surface area contributed by atoms with E-state index in [1.807, 2.05) is 6.92 Å². The van der Waals surface area contributed by atoms with E-state index in [0.29, 0.717) is 0 Å². The van der Waals surface area contributed by atoms with Crippen LogP contribution < -0.4 is 0 Å². The zero-order valence-corrected chi connectivity index (χ0v) is 22.7. The van der Waals surface area contributed by atoms with Gasteiger partial charge in [0.15, 0.2) is 0 Å². The van der Waals surface area contributed by atoms with E-state index in [0.717, 1.165) is 24.0 Å². The molecule has 0 bridgehead atoms. The lowest BCUT2D eigenvalue weighted by atomic mass is 9.65. The van der Waals surface area contributed by atoms with Crippen LogP contribution in [0.3, 0.4) is 0 Å². The first-order chi connectivity index (χ1) is 18.6. The molecule has 0 heterocycles. The van der Waals surface area contributed by atoms with Crippen molar-refractivity contribution in [1.29, 1.82) is 0 Å². The van der Waals surface area contributed by atoms with E-state index in [2.05, 4.69) is 148 Å². The molecule has 2 aliphatic rings. The molecule has 0 aliphatic heterocycles. The highest BCUT2D eigenvalue weighted by molar-refractivity contribution is 5.91. The molecule has 0 fully saturated rings. The van der Waals surface area contributed by atoms with Gasteiger partial charge in [-0.1, -0.05) is 139 Å². The zero-order chi connectivity index (χ0) is 26.5. The van der Waals surface area contributed by atoms with Crippen LogP contribution in [0.4, 0.5) is 0 Å². The van der Waals surface area contributed by atoms with Gasteiger partial charge < -0.3 is 0 Å². The number of hydrogen-bond acceptors (Lipinski definition) is 0. The van der Waals surface area contributed by atoms with Crippen molar-refractivity contribution in [2.45, 2.75) is 39.0 Å². The van der Waals surface area contributed by atoms with E-state index in [1.54, 1.807) is 0 Å². The highest BCUT2D eigenvalue weighted by atomic mass is 14.5. The van der Waals surface area contributed by atoms with E-state index < -0.39 is 0 Å². The molecule has 0 radical (unpaired) electrons. The first kappa shape index (κ1) is 25.5. The first-order valence-electron chi connectivity index (χ1n) is 13.6. The second kappa shape index (κ2) is 11.1. The van der Waals surface area contributed by atoms with Crippen LogP contribution in [0.1, 0.15) is 61.4 Å². The SMILES string of the molecule is C=C(C)/C=C(\C=C/c1ccc2c(c1)C(/C(C)=C/C=C\C)(c1ccccc1)C1=C2C=CCC1)c1ccccc1. The van der Waals surface area contributed by atoms with E-state index in [-0.39, 0.29) is 5.41 Å². The van der Waals surface area contributed by atoms with Gasteiger partial charge in [-0.2, -0.15) is 0 Å². The van der Waals surface area contributed by atoms with Crippen LogP contribution in [0.15, 0.2) is 145 Å². The summed E-state index contributed by atoms with van der Waals surface area (Å²) in [7, 11) is 0. The average Bonchev–Trinajstić information content (AvgIpc) is 3.25. The Hall–Kier alpha value is -4.16. The molecule has 5 rings (SSSR count). The van der Waals surface area contributed by atoms with Crippen molar-refractivity contribution in [2.24, 2.45) is 0 Å². The molecule has 0 aromatic heterocycles. The van der Waals surface area contributed by atoms with E-state index >= 15 is 0 Å². The van der Waals surface area contributed by atoms with Crippen LogP contribution in [-0.4, -0.2) is 0 Å². The Balaban J connectivity index is 1.70. The molecule has 0 nitrogen and oxygen atoms in total. The summed E-state index contributed by atoms with van der Waals surface area (Å²) in [6, 6.07) is 28.6. The summed E-state index contributed by atoms with van der Waals surface area (Å²) in [5, 5.41) is 0. The molecule has 0 spiro atoms. The minimum Gasteiger partial charge on any atom is -0.0961 e. The third-order valence-corrected chi connectivity index (χ3v) is 7.66. The maximum Gasteiger partial charge on any atom is 0.0637 e. The van der Waals surface area contributed by atoms with Crippen molar-refractivity contribution in [3.05, 3.63) is 173 Å². The maximum absolute atomic E-state index is 4.13. The van der Waals surface area contributed by atoms with Crippen LogP contribution in [0, 0.1) is 0 Å². The number of allylic oxidation sites excluding steroid dienone is 12. The molecule has 2 aliphatic carbocycles. The predicted molar refractivity (Wildman–Crippen MR) is 166 cm³/mol. The minimum atomic E-state index is -0.268. The van der Waals surface area contributed by atoms with Gasteiger partial charge in [0.25, 0.3) is 0 Å². The Labute approximate surface area is 228 Å². The lowest BCUT2D eigenvalue weighted by Gasteiger charge is -2.37. The summed E-state index contributed by atoms with van der Waals surface area (Å²) >= 11 is 0. The molecular formula is C38H36. The first-order valence-corrected chi connectivity index (χ1v) is 13.6. The van der Waals surface area contributed by atoms with Gasteiger partial charge in [0, 0.05) is 0 Å². The van der Waals surface area contributed by atoms with Gasteiger partial charge in [0.1, 0.15) is 0 Å². The molecule has 3 aromatic carbocycles.